The average Bonchev–Trinajstić information content (AvgIpc) is 1.26. The van der Waals surface area contributed by atoms with Gasteiger partial charge in [0.15, 0.2) is 11.9 Å². The summed E-state index contributed by atoms with van der Waals surface area (Å²) in [6, 6.07) is -10.7. The first-order valence-electron chi connectivity index (χ1n) is 32.0. The van der Waals surface area contributed by atoms with Crippen LogP contribution in [0, 0.1) is 22.7 Å². The van der Waals surface area contributed by atoms with Crippen LogP contribution in [0.5, 0.6) is 5.75 Å². The van der Waals surface area contributed by atoms with E-state index in [0.717, 1.165) is 13.8 Å². The van der Waals surface area contributed by atoms with Gasteiger partial charge in [-0.05, 0) is 134 Å². The number of phenols is 1. The molecule has 1 aromatic rings. The number of carboxylic acids is 1. The lowest BCUT2D eigenvalue weighted by molar-refractivity contribution is -0.142. The molecule has 0 aliphatic carbocycles. The molecule has 96 heavy (non-hydrogen) atoms. The van der Waals surface area contributed by atoms with Gasteiger partial charge in [0.2, 0.25) is 65.0 Å². The van der Waals surface area contributed by atoms with Crippen molar-refractivity contribution in [2.75, 3.05) is 39.8 Å². The number of benzene rings is 1. The van der Waals surface area contributed by atoms with Crippen LogP contribution in [0.4, 0.5) is 0 Å². The van der Waals surface area contributed by atoms with Gasteiger partial charge >= 0.3 is 5.97 Å². The number of carbonyl (C=O) groups is 12. The summed E-state index contributed by atoms with van der Waals surface area (Å²) in [4.78, 5) is 164. The summed E-state index contributed by atoms with van der Waals surface area (Å²) in [7, 11) is 1.59. The van der Waals surface area contributed by atoms with Crippen LogP contribution in [0.25, 0.3) is 0 Å². The van der Waals surface area contributed by atoms with Crippen molar-refractivity contribution in [2.45, 2.75) is 204 Å². The molecule has 36 nitrogen and oxygen atoms in total. The molecule has 36 heteroatoms. The first-order chi connectivity index (χ1) is 45.2. The van der Waals surface area contributed by atoms with Crippen LogP contribution in [0.1, 0.15) is 131 Å². The van der Waals surface area contributed by atoms with Crippen LogP contribution in [-0.2, 0) is 64.0 Å². The van der Waals surface area contributed by atoms with Crippen molar-refractivity contribution in [3.05, 3.63) is 29.8 Å². The smallest absolute Gasteiger partial charge is 0.305 e. The number of likely N-dealkylation sites (N-methyl/N-ethyl adjacent to an activating group) is 1. The molecule has 0 unspecified atom stereocenters. The lowest BCUT2D eigenvalue weighted by atomic mass is 10.0. The second-order valence-electron chi connectivity index (χ2n) is 24.1. The molecule has 0 radical (unpaired) electrons. The summed E-state index contributed by atoms with van der Waals surface area (Å²) in [6.07, 6.45) is -0.819. The number of aliphatic hydroxyl groups is 2. The number of amides is 11. The number of aliphatic carboxylic acids is 1. The molecule has 0 saturated heterocycles. The van der Waals surface area contributed by atoms with Crippen LogP contribution in [-0.4, -0.2) is 216 Å². The number of carbonyl (C=O) groups excluding carboxylic acids is 11. The maximum absolute atomic E-state index is 14.4. The van der Waals surface area contributed by atoms with Gasteiger partial charge in [0, 0.05) is 19.5 Å². The molecular weight excluding hydrogens is 1260 g/mol. The molecule has 0 fully saturated rings. The van der Waals surface area contributed by atoms with E-state index in [0.29, 0.717) is 37.8 Å². The highest BCUT2D eigenvalue weighted by atomic mass is 16.4. The SMILES string of the molecule is CN[C@@H](CCCCN)C(=O)N[C@@H](CC(C)C)C(=O)N[C@@H](CCCNC(=N)N)C(=O)N[C@@H](CO)C(=O)N[C@@H](C)C(=O)N[C@H](C(=O)N[C@@H](CC(=O)O)C(=O)N[C@@H](CCCCN)C(=O)N[C@@H](Cc1ccc(O)cc1)C(=O)N[C@@H](CCCNC(=N)N)C(=O)N[C@@H](CC(C)C)C(N)=O)[C@@H](C)O. The van der Waals surface area contributed by atoms with Gasteiger partial charge in [-0.1, -0.05) is 46.2 Å². The second-order valence-corrected chi connectivity index (χ2v) is 24.1. The van der Waals surface area contributed by atoms with Crippen molar-refractivity contribution in [1.29, 1.82) is 10.8 Å². The second kappa shape index (κ2) is 45.4. The zero-order valence-electron chi connectivity index (χ0n) is 55.9. The van der Waals surface area contributed by atoms with Crippen molar-refractivity contribution in [3.63, 3.8) is 0 Å². The number of guanidine groups is 2. The third-order valence-corrected chi connectivity index (χ3v) is 14.8. The number of aliphatic hydroxyl groups excluding tert-OH is 2. The van der Waals surface area contributed by atoms with Crippen molar-refractivity contribution < 1.29 is 78.0 Å². The lowest BCUT2D eigenvalue weighted by Crippen LogP contribution is -2.62. The quantitative estimate of drug-likeness (QED) is 0.0164. The highest BCUT2D eigenvalue weighted by Gasteiger charge is 2.37. The number of hydrogen-bond acceptors (Lipinski definition) is 20. The minimum Gasteiger partial charge on any atom is -0.508 e. The Bertz CT molecular complexity index is 2720. The van der Waals surface area contributed by atoms with Gasteiger partial charge in [0.05, 0.1) is 25.2 Å². The number of unbranched alkanes of at least 4 members (excludes halogenated alkanes) is 2. The molecule has 0 bridgehead atoms. The third kappa shape index (κ3) is 33.9. The van der Waals surface area contributed by atoms with Crippen LogP contribution in [0.15, 0.2) is 24.3 Å². The zero-order valence-corrected chi connectivity index (χ0v) is 55.9. The molecule has 0 saturated carbocycles. The minimum atomic E-state index is -2.03. The Balaban J connectivity index is 3.52. The number of phenolic OH excluding ortho intramolecular Hbond substituents is 1. The summed E-state index contributed by atoms with van der Waals surface area (Å²) < 4.78 is 0. The van der Waals surface area contributed by atoms with Gasteiger partial charge < -0.3 is 118 Å². The Morgan fingerprint density at radius 1 is 0.458 bits per heavy atom. The summed E-state index contributed by atoms with van der Waals surface area (Å²) in [5.74, 6) is -13.5. The first kappa shape index (κ1) is 85.0. The number of nitrogens with one attached hydrogen (secondary N) is 15. The number of aromatic hydroxyl groups is 1. The Kier molecular flexibility index (Phi) is 40.2. The standard InChI is InChI=1S/C60H106N20O16/c1-31(2)26-41(48(63)86)75-51(89)39(16-12-24-69-59(64)65)74-55(93)43(28-35-18-20-36(83)21-19-35)77-52(90)38(15-9-11-23-62)72-56(94)44(29-46(84)85)78-58(96)47(34(6)82)80-49(87)33(5)71-57(95)45(30-81)79-53(91)40(17-13-25-70-60(66)67)73-54(92)42(27-32(3)4)76-50(88)37(68-7)14-8-10-22-61/h18-21,31-34,37-45,47,68,81-83H,8-17,22-30,61-62H2,1-7H3,(H2,63,86)(H,71,95)(H,72,94)(H,73,92)(H,74,93)(H,75,89)(H,76,88)(H,77,90)(H,78,96)(H,79,91)(H,80,87)(H,84,85)(H4,64,65,69)(H4,66,67,70)/t33-,34+,37-,38-,39-,40-,41-,42-,43-,44-,45-,47-/m0/s1. The Hall–Kier alpha value is -9.00. The van der Waals surface area contributed by atoms with Gasteiger partial charge in [0.1, 0.15) is 66.2 Å². The van der Waals surface area contributed by atoms with E-state index in [1.807, 2.05) is 13.8 Å². The molecular formula is C60H106N20O16. The van der Waals surface area contributed by atoms with E-state index in [9.17, 15) is 78.0 Å². The van der Waals surface area contributed by atoms with Crippen molar-refractivity contribution in [1.82, 2.24) is 69.1 Å². The van der Waals surface area contributed by atoms with Crippen LogP contribution < -0.4 is 97.8 Å². The monoisotopic (exact) mass is 1360 g/mol. The van der Waals surface area contributed by atoms with Gasteiger partial charge in [-0.15, -0.1) is 0 Å². The van der Waals surface area contributed by atoms with Crippen molar-refractivity contribution in [2.24, 2.45) is 40.5 Å². The maximum atomic E-state index is 14.4. The van der Waals surface area contributed by atoms with E-state index in [1.165, 1.54) is 24.3 Å². The topological polar surface area (TPSA) is 620 Å². The molecule has 12 atom stereocenters. The molecule has 0 spiro atoms. The fourth-order valence-corrected chi connectivity index (χ4v) is 9.56. The van der Waals surface area contributed by atoms with Crippen LogP contribution >= 0.6 is 0 Å². The van der Waals surface area contributed by atoms with Crippen LogP contribution in [0.2, 0.25) is 0 Å². The lowest BCUT2D eigenvalue weighted by Gasteiger charge is -2.28. The summed E-state index contributed by atoms with van der Waals surface area (Å²) in [6.45, 7) is 9.06. The average molecular weight is 1360 g/mol. The van der Waals surface area contributed by atoms with Crippen LogP contribution in [0.3, 0.4) is 0 Å². The molecule has 29 N–H and O–H groups in total. The van der Waals surface area contributed by atoms with E-state index in [-0.39, 0.29) is 107 Å². The largest absolute Gasteiger partial charge is 0.508 e. The molecule has 11 amide bonds. The fraction of sp³-hybridized carbons (Fsp3) is 0.667. The molecule has 0 aliphatic heterocycles. The van der Waals surface area contributed by atoms with E-state index >= 15 is 0 Å². The third-order valence-electron chi connectivity index (χ3n) is 14.8. The molecule has 542 valence electrons. The van der Waals surface area contributed by atoms with Gasteiger partial charge in [0.25, 0.3) is 0 Å². The number of rotatable bonds is 48. The highest BCUT2D eigenvalue weighted by molar-refractivity contribution is 6.00. The number of nitrogens with two attached hydrogens (primary N) is 5. The fourth-order valence-electron chi connectivity index (χ4n) is 9.56. The zero-order chi connectivity index (χ0) is 72.8. The normalized spacial score (nSPS) is 14.9. The Labute approximate surface area is 558 Å². The minimum absolute atomic E-state index is 0.0762. The summed E-state index contributed by atoms with van der Waals surface area (Å²) in [5.41, 5.74) is 28.2. The van der Waals surface area contributed by atoms with Gasteiger partial charge in [-0.2, -0.15) is 0 Å². The molecule has 0 heterocycles. The number of primary amides is 1. The predicted molar refractivity (Wildman–Crippen MR) is 353 cm³/mol. The van der Waals surface area contributed by atoms with E-state index < -0.39 is 157 Å². The predicted octanol–water partition coefficient (Wildman–Crippen LogP) is -6.40. The van der Waals surface area contributed by atoms with Crippen molar-refractivity contribution in [3.8, 4) is 5.75 Å². The highest BCUT2D eigenvalue weighted by Crippen LogP contribution is 2.15. The van der Waals surface area contributed by atoms with Crippen molar-refractivity contribution >= 4 is 82.9 Å². The Morgan fingerprint density at radius 2 is 0.833 bits per heavy atom. The number of hydrogen-bond donors (Lipinski definition) is 24. The van der Waals surface area contributed by atoms with E-state index in [1.54, 1.807) is 20.9 Å². The molecule has 1 aromatic carbocycles. The first-order valence-corrected chi connectivity index (χ1v) is 32.0. The maximum Gasteiger partial charge on any atom is 0.305 e. The van der Waals surface area contributed by atoms with Gasteiger partial charge in [-0.3, -0.25) is 68.4 Å². The molecule has 0 aliphatic rings. The Morgan fingerprint density at radius 3 is 1.26 bits per heavy atom. The summed E-state index contributed by atoms with van der Waals surface area (Å²) in [5, 5.41) is 88.7. The van der Waals surface area contributed by atoms with E-state index in [2.05, 4.69) is 69.1 Å². The van der Waals surface area contributed by atoms with Gasteiger partial charge in [-0.25, -0.2) is 0 Å². The number of carboxylic acid groups (broad SMARTS) is 1. The summed E-state index contributed by atoms with van der Waals surface area (Å²) >= 11 is 0. The molecule has 0 aromatic heterocycles. The molecule has 1 rings (SSSR count). The van der Waals surface area contributed by atoms with E-state index in [4.69, 9.17) is 39.5 Å².